The number of hydrogen-bond donors (Lipinski definition) is 1. The maximum Gasteiger partial charge on any atom is 0.258 e. The van der Waals surface area contributed by atoms with Crippen molar-refractivity contribution in [1.82, 2.24) is 4.98 Å². The van der Waals surface area contributed by atoms with Gasteiger partial charge < -0.3 is 5.32 Å². The average molecular weight is 302 g/mol. The molecule has 0 aliphatic carbocycles. The Morgan fingerprint density at radius 2 is 1.89 bits per heavy atom. The maximum atomic E-state index is 12.0. The highest BCUT2D eigenvalue weighted by Crippen LogP contribution is 2.20. The molecule has 0 unspecified atom stereocenters. The van der Waals surface area contributed by atoms with Crippen LogP contribution in [0, 0.1) is 0 Å². The van der Waals surface area contributed by atoms with E-state index in [2.05, 4.69) is 10.3 Å². The lowest BCUT2D eigenvalue weighted by Crippen LogP contribution is -2.13. The van der Waals surface area contributed by atoms with Crippen LogP contribution in [-0.4, -0.2) is 10.9 Å². The fourth-order valence-corrected chi connectivity index (χ4v) is 1.88. The van der Waals surface area contributed by atoms with E-state index in [1.54, 1.807) is 24.3 Å². The van der Waals surface area contributed by atoms with Crippen molar-refractivity contribution in [3.05, 3.63) is 57.3 Å². The molecule has 0 radical (unpaired) electrons. The number of nitrogens with zero attached hydrogens (tertiary/aromatic N) is 1. The molecule has 1 heterocycles. The Morgan fingerprint density at radius 1 is 1.11 bits per heavy atom. The van der Waals surface area contributed by atoms with E-state index in [-0.39, 0.29) is 10.7 Å². The van der Waals surface area contributed by atoms with Crippen LogP contribution in [0.3, 0.4) is 0 Å². The molecule has 2 rings (SSSR count). The minimum atomic E-state index is -0.391. The molecule has 0 aliphatic heterocycles. The van der Waals surface area contributed by atoms with Crippen LogP contribution in [0.5, 0.6) is 0 Å². The molecule has 0 saturated carbocycles. The summed E-state index contributed by atoms with van der Waals surface area (Å²) in [5.74, 6) is -0.391. The summed E-state index contributed by atoms with van der Waals surface area (Å²) in [5, 5.41) is 3.63. The van der Waals surface area contributed by atoms with Crippen molar-refractivity contribution < 1.29 is 4.79 Å². The standard InChI is InChI=1S/C12H7Cl3N2O/c13-7-2-1-3-9(4-7)17-12(18)10-5-8(14)6-16-11(10)15/h1-6H,(H,17,18). The van der Waals surface area contributed by atoms with Crippen LogP contribution in [0.4, 0.5) is 5.69 Å². The molecule has 2 aromatic rings. The van der Waals surface area contributed by atoms with Gasteiger partial charge in [0.25, 0.3) is 5.91 Å². The van der Waals surface area contributed by atoms with Gasteiger partial charge in [-0.2, -0.15) is 0 Å². The average Bonchev–Trinajstić information content (AvgIpc) is 2.32. The number of halogens is 3. The van der Waals surface area contributed by atoms with Gasteiger partial charge in [-0.1, -0.05) is 40.9 Å². The molecule has 3 nitrogen and oxygen atoms in total. The number of aromatic nitrogens is 1. The second kappa shape index (κ2) is 5.57. The lowest BCUT2D eigenvalue weighted by atomic mass is 10.2. The maximum absolute atomic E-state index is 12.0. The molecule has 1 N–H and O–H groups in total. The number of carbonyl (C=O) groups excluding carboxylic acids is 1. The third-order valence-electron chi connectivity index (χ3n) is 2.13. The number of hydrogen-bond acceptors (Lipinski definition) is 2. The van der Waals surface area contributed by atoms with Crippen molar-refractivity contribution in [1.29, 1.82) is 0 Å². The zero-order chi connectivity index (χ0) is 13.1. The molecule has 92 valence electrons. The topological polar surface area (TPSA) is 42.0 Å². The molecular formula is C12H7Cl3N2O. The zero-order valence-electron chi connectivity index (χ0n) is 8.95. The molecule has 1 amide bonds. The fraction of sp³-hybridized carbons (Fsp3) is 0. The number of nitrogens with one attached hydrogen (secondary N) is 1. The minimum absolute atomic E-state index is 0.0962. The third kappa shape index (κ3) is 3.13. The molecule has 1 aromatic heterocycles. The van der Waals surface area contributed by atoms with Crippen LogP contribution in [0.1, 0.15) is 10.4 Å². The molecule has 0 saturated heterocycles. The van der Waals surface area contributed by atoms with Gasteiger partial charge in [-0.15, -0.1) is 0 Å². The van der Waals surface area contributed by atoms with Crippen molar-refractivity contribution in [2.24, 2.45) is 0 Å². The first-order chi connectivity index (χ1) is 8.56. The van der Waals surface area contributed by atoms with Gasteiger partial charge in [0.15, 0.2) is 0 Å². The molecular weight excluding hydrogens is 295 g/mol. The summed E-state index contributed by atoms with van der Waals surface area (Å²) in [6.07, 6.45) is 1.38. The predicted molar refractivity (Wildman–Crippen MR) is 73.7 cm³/mol. The SMILES string of the molecule is O=C(Nc1cccc(Cl)c1)c1cc(Cl)cnc1Cl. The third-order valence-corrected chi connectivity index (χ3v) is 2.88. The number of amides is 1. The first-order valence-corrected chi connectivity index (χ1v) is 6.07. The number of carbonyl (C=O) groups is 1. The molecule has 0 bridgehead atoms. The monoisotopic (exact) mass is 300 g/mol. The van der Waals surface area contributed by atoms with Gasteiger partial charge in [0.05, 0.1) is 10.6 Å². The Bertz CT molecular complexity index is 602. The van der Waals surface area contributed by atoms with Gasteiger partial charge in [-0.05, 0) is 24.3 Å². The predicted octanol–water partition coefficient (Wildman–Crippen LogP) is 4.29. The molecule has 6 heteroatoms. The zero-order valence-corrected chi connectivity index (χ0v) is 11.2. The number of benzene rings is 1. The van der Waals surface area contributed by atoms with E-state index in [9.17, 15) is 4.79 Å². The second-order valence-electron chi connectivity index (χ2n) is 3.46. The Kier molecular flexibility index (Phi) is 4.07. The smallest absolute Gasteiger partial charge is 0.258 e. The Balaban J connectivity index is 2.24. The van der Waals surface area contributed by atoms with Crippen molar-refractivity contribution in [2.45, 2.75) is 0 Å². The van der Waals surface area contributed by atoms with Crippen LogP contribution in [-0.2, 0) is 0 Å². The summed E-state index contributed by atoms with van der Waals surface area (Å²) in [5.41, 5.74) is 0.785. The second-order valence-corrected chi connectivity index (χ2v) is 4.69. The van der Waals surface area contributed by atoms with Crippen LogP contribution >= 0.6 is 34.8 Å². The highest BCUT2D eigenvalue weighted by Gasteiger charge is 2.12. The summed E-state index contributed by atoms with van der Waals surface area (Å²) in [6.45, 7) is 0. The summed E-state index contributed by atoms with van der Waals surface area (Å²) in [4.78, 5) is 15.8. The van der Waals surface area contributed by atoms with Crippen molar-refractivity contribution >= 4 is 46.4 Å². The minimum Gasteiger partial charge on any atom is -0.322 e. The van der Waals surface area contributed by atoms with E-state index in [4.69, 9.17) is 34.8 Å². The largest absolute Gasteiger partial charge is 0.322 e. The van der Waals surface area contributed by atoms with Gasteiger partial charge in [0.1, 0.15) is 5.15 Å². The van der Waals surface area contributed by atoms with E-state index in [0.717, 1.165) is 0 Å². The summed E-state index contributed by atoms with van der Waals surface area (Å²) in [7, 11) is 0. The number of rotatable bonds is 2. The Hall–Kier alpha value is -1.29. The Labute approximate surface area is 119 Å². The van der Waals surface area contributed by atoms with Crippen molar-refractivity contribution in [3.8, 4) is 0 Å². The molecule has 0 aliphatic rings. The van der Waals surface area contributed by atoms with Gasteiger partial charge in [-0.3, -0.25) is 4.79 Å². The van der Waals surface area contributed by atoms with E-state index < -0.39 is 5.91 Å². The lowest BCUT2D eigenvalue weighted by molar-refractivity contribution is 0.102. The summed E-state index contributed by atoms with van der Waals surface area (Å²) >= 11 is 17.4. The van der Waals surface area contributed by atoms with Gasteiger partial charge in [-0.25, -0.2) is 4.98 Å². The molecule has 18 heavy (non-hydrogen) atoms. The molecule has 0 spiro atoms. The lowest BCUT2D eigenvalue weighted by Gasteiger charge is -2.06. The number of anilines is 1. The highest BCUT2D eigenvalue weighted by molar-refractivity contribution is 6.35. The molecule has 0 fully saturated rings. The van der Waals surface area contributed by atoms with Crippen molar-refractivity contribution in [2.75, 3.05) is 5.32 Å². The summed E-state index contributed by atoms with van der Waals surface area (Å²) < 4.78 is 0. The molecule has 0 atom stereocenters. The molecule has 1 aromatic carbocycles. The van der Waals surface area contributed by atoms with E-state index in [1.807, 2.05) is 0 Å². The highest BCUT2D eigenvalue weighted by atomic mass is 35.5. The van der Waals surface area contributed by atoms with E-state index in [1.165, 1.54) is 12.3 Å². The van der Waals surface area contributed by atoms with Crippen LogP contribution in [0.2, 0.25) is 15.2 Å². The van der Waals surface area contributed by atoms with Crippen molar-refractivity contribution in [3.63, 3.8) is 0 Å². The first-order valence-electron chi connectivity index (χ1n) is 4.94. The van der Waals surface area contributed by atoms with Gasteiger partial charge >= 0.3 is 0 Å². The normalized spacial score (nSPS) is 10.2. The van der Waals surface area contributed by atoms with E-state index >= 15 is 0 Å². The Morgan fingerprint density at radius 3 is 2.61 bits per heavy atom. The quantitative estimate of drug-likeness (QED) is 0.841. The van der Waals surface area contributed by atoms with Gasteiger partial charge in [0.2, 0.25) is 0 Å². The fourth-order valence-electron chi connectivity index (χ4n) is 1.35. The number of pyridine rings is 1. The van der Waals surface area contributed by atoms with E-state index in [0.29, 0.717) is 15.7 Å². The van der Waals surface area contributed by atoms with Crippen LogP contribution < -0.4 is 5.32 Å². The summed E-state index contributed by atoms with van der Waals surface area (Å²) in [6, 6.07) is 8.25. The first kappa shape index (κ1) is 13.1. The van der Waals surface area contributed by atoms with Gasteiger partial charge in [0, 0.05) is 16.9 Å². The van der Waals surface area contributed by atoms with Crippen LogP contribution in [0.25, 0.3) is 0 Å². The van der Waals surface area contributed by atoms with Crippen LogP contribution in [0.15, 0.2) is 36.5 Å².